The molecule has 1 aromatic rings. The standard InChI is InChI=1S/C16H25NO/c1-4-13-6-5-7-14(9-13)18-16-10-15(17)11(2)8-12(16)3/h8,10,13-14H,4-7,9,17H2,1-3H3. The SMILES string of the molecule is CCC1CCCC(Oc2cc(N)c(C)cc2C)C1. The summed E-state index contributed by atoms with van der Waals surface area (Å²) in [6.07, 6.45) is 6.70. The van der Waals surface area contributed by atoms with Gasteiger partial charge >= 0.3 is 0 Å². The number of nitrogens with two attached hydrogens (primary N) is 1. The number of hydrogen-bond acceptors (Lipinski definition) is 2. The van der Waals surface area contributed by atoms with Crippen LogP contribution in [0, 0.1) is 19.8 Å². The molecule has 2 heteroatoms. The van der Waals surface area contributed by atoms with Gasteiger partial charge in [0.15, 0.2) is 0 Å². The second-order valence-corrected chi connectivity index (χ2v) is 5.66. The summed E-state index contributed by atoms with van der Waals surface area (Å²) in [5.74, 6) is 1.81. The van der Waals surface area contributed by atoms with Gasteiger partial charge in [-0.25, -0.2) is 0 Å². The first-order chi connectivity index (χ1) is 8.60. The molecule has 2 rings (SSSR count). The predicted octanol–water partition coefficient (Wildman–Crippen LogP) is 4.23. The first kappa shape index (κ1) is 13.3. The Morgan fingerprint density at radius 1 is 1.22 bits per heavy atom. The average molecular weight is 247 g/mol. The van der Waals surface area contributed by atoms with Crippen molar-refractivity contribution in [3.8, 4) is 5.75 Å². The molecule has 1 fully saturated rings. The summed E-state index contributed by atoms with van der Waals surface area (Å²) in [5, 5.41) is 0. The van der Waals surface area contributed by atoms with Crippen LogP contribution in [-0.2, 0) is 0 Å². The number of ether oxygens (including phenoxy) is 1. The first-order valence-electron chi connectivity index (χ1n) is 7.13. The molecule has 100 valence electrons. The van der Waals surface area contributed by atoms with Crippen molar-refractivity contribution in [2.45, 2.75) is 59.0 Å². The van der Waals surface area contributed by atoms with Gasteiger partial charge in [0.05, 0.1) is 6.10 Å². The third-order valence-electron chi connectivity index (χ3n) is 4.17. The van der Waals surface area contributed by atoms with E-state index in [1.165, 1.54) is 37.7 Å². The average Bonchev–Trinajstić information content (AvgIpc) is 2.36. The Bertz CT molecular complexity index is 414. The van der Waals surface area contributed by atoms with Crippen LogP contribution in [0.25, 0.3) is 0 Å². The van der Waals surface area contributed by atoms with Gasteiger partial charge in [0.25, 0.3) is 0 Å². The molecule has 0 amide bonds. The van der Waals surface area contributed by atoms with Crippen molar-refractivity contribution in [1.29, 1.82) is 0 Å². The third-order valence-corrected chi connectivity index (χ3v) is 4.17. The van der Waals surface area contributed by atoms with Crippen LogP contribution in [0.4, 0.5) is 5.69 Å². The molecule has 0 aromatic heterocycles. The number of nitrogen functional groups attached to an aromatic ring is 1. The maximum Gasteiger partial charge on any atom is 0.124 e. The third kappa shape index (κ3) is 2.98. The largest absolute Gasteiger partial charge is 0.490 e. The minimum absolute atomic E-state index is 0.379. The van der Waals surface area contributed by atoms with Crippen LogP contribution < -0.4 is 10.5 Å². The van der Waals surface area contributed by atoms with E-state index < -0.39 is 0 Å². The highest BCUT2D eigenvalue weighted by Gasteiger charge is 2.22. The Hall–Kier alpha value is -1.18. The fourth-order valence-electron chi connectivity index (χ4n) is 2.87. The van der Waals surface area contributed by atoms with E-state index in [4.69, 9.17) is 10.5 Å². The van der Waals surface area contributed by atoms with Gasteiger partial charge in [-0.15, -0.1) is 0 Å². The number of rotatable bonds is 3. The van der Waals surface area contributed by atoms with Crippen LogP contribution in [0.5, 0.6) is 5.75 Å². The maximum atomic E-state index is 6.17. The highest BCUT2D eigenvalue weighted by molar-refractivity contribution is 5.54. The smallest absolute Gasteiger partial charge is 0.124 e. The van der Waals surface area contributed by atoms with E-state index in [9.17, 15) is 0 Å². The number of hydrogen-bond donors (Lipinski definition) is 1. The van der Waals surface area contributed by atoms with Gasteiger partial charge in [-0.1, -0.05) is 25.8 Å². The highest BCUT2D eigenvalue weighted by Crippen LogP contribution is 2.32. The fraction of sp³-hybridized carbons (Fsp3) is 0.625. The van der Waals surface area contributed by atoms with Crippen molar-refractivity contribution in [3.63, 3.8) is 0 Å². The maximum absolute atomic E-state index is 6.17. The molecule has 0 spiro atoms. The van der Waals surface area contributed by atoms with Gasteiger partial charge in [-0.05, 0) is 50.2 Å². The summed E-state index contributed by atoms with van der Waals surface area (Å²) >= 11 is 0. The molecule has 0 heterocycles. The van der Waals surface area contributed by atoms with Gasteiger partial charge in [0, 0.05) is 11.8 Å². The van der Waals surface area contributed by atoms with E-state index in [1.807, 2.05) is 13.0 Å². The minimum atomic E-state index is 0.379. The second-order valence-electron chi connectivity index (χ2n) is 5.66. The topological polar surface area (TPSA) is 35.2 Å². The molecule has 1 saturated carbocycles. The van der Waals surface area contributed by atoms with E-state index >= 15 is 0 Å². The summed E-state index contributed by atoms with van der Waals surface area (Å²) in [7, 11) is 0. The molecule has 0 bridgehead atoms. The molecule has 0 radical (unpaired) electrons. The zero-order chi connectivity index (χ0) is 13.1. The molecule has 2 atom stereocenters. The van der Waals surface area contributed by atoms with Crippen molar-refractivity contribution in [1.82, 2.24) is 0 Å². The van der Waals surface area contributed by atoms with Gasteiger partial charge in [0.2, 0.25) is 0 Å². The molecular weight excluding hydrogens is 222 g/mol. The lowest BCUT2D eigenvalue weighted by molar-refractivity contribution is 0.121. The molecule has 1 aliphatic rings. The van der Waals surface area contributed by atoms with Crippen molar-refractivity contribution in [3.05, 3.63) is 23.3 Å². The molecule has 2 unspecified atom stereocenters. The molecule has 2 nitrogen and oxygen atoms in total. The van der Waals surface area contributed by atoms with Crippen LogP contribution in [-0.4, -0.2) is 6.10 Å². The highest BCUT2D eigenvalue weighted by atomic mass is 16.5. The molecule has 0 aliphatic heterocycles. The minimum Gasteiger partial charge on any atom is -0.490 e. The molecular formula is C16H25NO. The first-order valence-corrected chi connectivity index (χ1v) is 7.13. The summed E-state index contributed by atoms with van der Waals surface area (Å²) in [6.45, 7) is 6.42. The predicted molar refractivity (Wildman–Crippen MR) is 77.0 cm³/mol. The molecule has 0 saturated heterocycles. The Morgan fingerprint density at radius 2 is 2.00 bits per heavy atom. The van der Waals surface area contributed by atoms with Crippen molar-refractivity contribution >= 4 is 5.69 Å². The van der Waals surface area contributed by atoms with E-state index in [-0.39, 0.29) is 0 Å². The monoisotopic (exact) mass is 247 g/mol. The second kappa shape index (κ2) is 5.64. The van der Waals surface area contributed by atoms with Crippen LogP contribution in [0.1, 0.15) is 50.2 Å². The Labute approximate surface area is 111 Å². The summed E-state index contributed by atoms with van der Waals surface area (Å²) in [6, 6.07) is 4.10. The van der Waals surface area contributed by atoms with Crippen molar-refractivity contribution < 1.29 is 4.74 Å². The normalized spacial score (nSPS) is 23.9. The van der Waals surface area contributed by atoms with E-state index in [1.54, 1.807) is 0 Å². The van der Waals surface area contributed by atoms with Crippen LogP contribution >= 0.6 is 0 Å². The number of benzene rings is 1. The number of anilines is 1. The molecule has 1 aromatic carbocycles. The zero-order valence-electron chi connectivity index (χ0n) is 11.8. The van der Waals surface area contributed by atoms with Gasteiger partial charge in [-0.3, -0.25) is 0 Å². The van der Waals surface area contributed by atoms with Crippen LogP contribution in [0.3, 0.4) is 0 Å². The Kier molecular flexibility index (Phi) is 4.15. The van der Waals surface area contributed by atoms with Gasteiger partial charge < -0.3 is 10.5 Å². The lowest BCUT2D eigenvalue weighted by Gasteiger charge is -2.29. The van der Waals surface area contributed by atoms with Gasteiger partial charge in [0.1, 0.15) is 5.75 Å². The fourth-order valence-corrected chi connectivity index (χ4v) is 2.87. The number of aryl methyl sites for hydroxylation is 2. The molecule has 2 N–H and O–H groups in total. The Balaban J connectivity index is 2.07. The quantitative estimate of drug-likeness (QED) is 0.811. The van der Waals surface area contributed by atoms with Crippen LogP contribution in [0.15, 0.2) is 12.1 Å². The van der Waals surface area contributed by atoms with Crippen molar-refractivity contribution in [2.24, 2.45) is 5.92 Å². The van der Waals surface area contributed by atoms with E-state index in [0.717, 1.165) is 22.9 Å². The summed E-state index contributed by atoms with van der Waals surface area (Å²) < 4.78 is 6.17. The zero-order valence-corrected chi connectivity index (χ0v) is 11.8. The molecule has 18 heavy (non-hydrogen) atoms. The van der Waals surface area contributed by atoms with E-state index in [0.29, 0.717) is 6.10 Å². The lowest BCUT2D eigenvalue weighted by Crippen LogP contribution is -2.25. The Morgan fingerprint density at radius 3 is 2.72 bits per heavy atom. The summed E-state index contributed by atoms with van der Waals surface area (Å²) in [4.78, 5) is 0. The van der Waals surface area contributed by atoms with Crippen LogP contribution in [0.2, 0.25) is 0 Å². The lowest BCUT2D eigenvalue weighted by atomic mass is 9.85. The summed E-state index contributed by atoms with van der Waals surface area (Å²) in [5.41, 5.74) is 9.13. The van der Waals surface area contributed by atoms with E-state index in [2.05, 4.69) is 19.9 Å². The van der Waals surface area contributed by atoms with Gasteiger partial charge in [-0.2, -0.15) is 0 Å². The van der Waals surface area contributed by atoms with Crippen molar-refractivity contribution in [2.75, 3.05) is 5.73 Å². The molecule has 1 aliphatic carbocycles.